The van der Waals surface area contributed by atoms with Crippen molar-refractivity contribution in [3.05, 3.63) is 24.3 Å². The lowest BCUT2D eigenvalue weighted by molar-refractivity contribution is -0.145. The molecule has 0 saturated heterocycles. The van der Waals surface area contributed by atoms with Crippen molar-refractivity contribution in [2.45, 2.75) is 39.2 Å². The maximum absolute atomic E-state index is 12.0. The number of nitrogens with zero attached hydrogens (tertiary/aromatic N) is 2. The standard InChI is InChI=1S/C16H21N3O5/c1-10(2)9-11(16(21)22-3)17-13(20)6-7-14-18-15(19-24-14)12-5-4-8-23-12/h4-5,8,10-11H,6-7,9H2,1-3H3,(H,17,20). The zero-order chi connectivity index (χ0) is 17.5. The molecule has 8 nitrogen and oxygen atoms in total. The number of rotatable bonds is 8. The zero-order valence-electron chi connectivity index (χ0n) is 13.9. The van der Waals surface area contributed by atoms with Crippen LogP contribution in [-0.4, -0.2) is 35.2 Å². The SMILES string of the molecule is COC(=O)C(CC(C)C)NC(=O)CCc1nc(-c2ccco2)no1. The van der Waals surface area contributed by atoms with E-state index in [2.05, 4.69) is 15.5 Å². The van der Waals surface area contributed by atoms with E-state index in [0.717, 1.165) is 0 Å². The average molecular weight is 335 g/mol. The van der Waals surface area contributed by atoms with Gasteiger partial charge in [0.2, 0.25) is 17.6 Å². The molecule has 24 heavy (non-hydrogen) atoms. The van der Waals surface area contributed by atoms with Crippen LogP contribution in [0.4, 0.5) is 0 Å². The molecule has 2 aromatic heterocycles. The summed E-state index contributed by atoms with van der Waals surface area (Å²) in [6, 6.07) is 2.79. The van der Waals surface area contributed by atoms with Crippen molar-refractivity contribution in [3.63, 3.8) is 0 Å². The van der Waals surface area contributed by atoms with Crippen LogP contribution >= 0.6 is 0 Å². The molecule has 130 valence electrons. The van der Waals surface area contributed by atoms with Crippen LogP contribution in [0.15, 0.2) is 27.3 Å². The average Bonchev–Trinajstić information content (AvgIpc) is 3.21. The molecular formula is C16H21N3O5. The second-order valence-electron chi connectivity index (χ2n) is 5.76. The quantitative estimate of drug-likeness (QED) is 0.735. The van der Waals surface area contributed by atoms with Gasteiger partial charge in [-0.15, -0.1) is 0 Å². The number of carbonyl (C=O) groups excluding carboxylic acids is 2. The Balaban J connectivity index is 1.87. The molecule has 1 N–H and O–H groups in total. The van der Waals surface area contributed by atoms with Crippen molar-refractivity contribution in [1.82, 2.24) is 15.5 Å². The minimum Gasteiger partial charge on any atom is -0.467 e. The van der Waals surface area contributed by atoms with Crippen LogP contribution < -0.4 is 5.32 Å². The molecule has 0 spiro atoms. The fourth-order valence-corrected chi connectivity index (χ4v) is 2.18. The molecule has 0 aliphatic carbocycles. The van der Waals surface area contributed by atoms with Crippen molar-refractivity contribution < 1.29 is 23.3 Å². The Bertz CT molecular complexity index is 663. The number of amides is 1. The molecule has 8 heteroatoms. The first-order valence-corrected chi connectivity index (χ1v) is 7.73. The number of hydrogen-bond acceptors (Lipinski definition) is 7. The Labute approximate surface area is 139 Å². The Hall–Kier alpha value is -2.64. The molecule has 0 fully saturated rings. The summed E-state index contributed by atoms with van der Waals surface area (Å²) in [7, 11) is 1.30. The molecule has 0 aromatic carbocycles. The highest BCUT2D eigenvalue weighted by Crippen LogP contribution is 2.16. The molecule has 0 bridgehead atoms. The third-order valence-corrected chi connectivity index (χ3v) is 3.30. The lowest BCUT2D eigenvalue weighted by Gasteiger charge is -2.18. The van der Waals surface area contributed by atoms with E-state index in [1.807, 2.05) is 13.8 Å². The smallest absolute Gasteiger partial charge is 0.328 e. The number of esters is 1. The number of furan rings is 1. The molecule has 2 heterocycles. The molecule has 0 aliphatic heterocycles. The van der Waals surface area contributed by atoms with Gasteiger partial charge >= 0.3 is 5.97 Å². The van der Waals surface area contributed by atoms with Crippen molar-refractivity contribution in [3.8, 4) is 11.6 Å². The normalized spacial score (nSPS) is 12.2. The highest BCUT2D eigenvalue weighted by Gasteiger charge is 2.22. The van der Waals surface area contributed by atoms with Gasteiger partial charge in [0.25, 0.3) is 0 Å². The van der Waals surface area contributed by atoms with Gasteiger partial charge in [-0.2, -0.15) is 4.98 Å². The first kappa shape index (κ1) is 17.7. The number of ether oxygens (including phenoxy) is 1. The Kier molecular flexibility index (Phi) is 6.11. The first-order valence-electron chi connectivity index (χ1n) is 7.73. The summed E-state index contributed by atoms with van der Waals surface area (Å²) >= 11 is 0. The van der Waals surface area contributed by atoms with E-state index >= 15 is 0 Å². The molecule has 1 unspecified atom stereocenters. The van der Waals surface area contributed by atoms with Crippen LogP contribution in [0.5, 0.6) is 0 Å². The van der Waals surface area contributed by atoms with Gasteiger partial charge in [0, 0.05) is 12.8 Å². The third kappa shape index (κ3) is 4.94. The van der Waals surface area contributed by atoms with Gasteiger partial charge in [0.1, 0.15) is 6.04 Å². The maximum atomic E-state index is 12.0. The van der Waals surface area contributed by atoms with E-state index in [1.165, 1.54) is 13.4 Å². The second-order valence-corrected chi connectivity index (χ2v) is 5.76. The molecule has 0 aliphatic rings. The summed E-state index contributed by atoms with van der Waals surface area (Å²) in [6.07, 6.45) is 2.43. The van der Waals surface area contributed by atoms with Gasteiger partial charge in [-0.1, -0.05) is 19.0 Å². The van der Waals surface area contributed by atoms with Crippen molar-refractivity contribution in [2.24, 2.45) is 5.92 Å². The van der Waals surface area contributed by atoms with E-state index in [9.17, 15) is 9.59 Å². The highest BCUT2D eigenvalue weighted by atomic mass is 16.5. The summed E-state index contributed by atoms with van der Waals surface area (Å²) in [5.41, 5.74) is 0. The van der Waals surface area contributed by atoms with Crippen LogP contribution in [0.3, 0.4) is 0 Å². The lowest BCUT2D eigenvalue weighted by atomic mass is 10.0. The molecule has 0 radical (unpaired) electrons. The molecule has 1 amide bonds. The summed E-state index contributed by atoms with van der Waals surface area (Å²) in [5.74, 6) is 0.690. The number of aromatic nitrogens is 2. The fraction of sp³-hybridized carbons (Fsp3) is 0.500. The summed E-state index contributed by atoms with van der Waals surface area (Å²) in [5, 5.41) is 6.47. The highest BCUT2D eigenvalue weighted by molar-refractivity contribution is 5.84. The van der Waals surface area contributed by atoms with Gasteiger partial charge < -0.3 is 19.0 Å². The molecule has 0 saturated carbocycles. The van der Waals surface area contributed by atoms with E-state index in [0.29, 0.717) is 23.9 Å². The summed E-state index contributed by atoms with van der Waals surface area (Å²) < 4.78 is 15.0. The Morgan fingerprint density at radius 3 is 2.79 bits per heavy atom. The van der Waals surface area contributed by atoms with E-state index in [4.69, 9.17) is 13.7 Å². The molecule has 2 rings (SSSR count). The lowest BCUT2D eigenvalue weighted by Crippen LogP contribution is -2.42. The van der Waals surface area contributed by atoms with E-state index < -0.39 is 12.0 Å². The first-order chi connectivity index (χ1) is 11.5. The van der Waals surface area contributed by atoms with Crippen LogP contribution in [0.25, 0.3) is 11.6 Å². The predicted octanol–water partition coefficient (Wildman–Crippen LogP) is 1.97. The number of aryl methyl sites for hydroxylation is 1. The van der Waals surface area contributed by atoms with Crippen molar-refractivity contribution in [2.75, 3.05) is 7.11 Å². The van der Waals surface area contributed by atoms with Gasteiger partial charge in [-0.25, -0.2) is 4.79 Å². The summed E-state index contributed by atoms with van der Waals surface area (Å²) in [6.45, 7) is 3.94. The van der Waals surface area contributed by atoms with Crippen molar-refractivity contribution >= 4 is 11.9 Å². The van der Waals surface area contributed by atoms with Crippen molar-refractivity contribution in [1.29, 1.82) is 0 Å². The van der Waals surface area contributed by atoms with Crippen LogP contribution in [0.1, 0.15) is 32.6 Å². The topological polar surface area (TPSA) is 107 Å². The van der Waals surface area contributed by atoms with Crippen LogP contribution in [0, 0.1) is 5.92 Å². The van der Waals surface area contributed by atoms with E-state index in [-0.39, 0.29) is 24.7 Å². The fourth-order valence-electron chi connectivity index (χ4n) is 2.18. The second kappa shape index (κ2) is 8.28. The summed E-state index contributed by atoms with van der Waals surface area (Å²) in [4.78, 5) is 27.9. The van der Waals surface area contributed by atoms with Crippen LogP contribution in [0.2, 0.25) is 0 Å². The molecular weight excluding hydrogens is 314 g/mol. The van der Waals surface area contributed by atoms with E-state index in [1.54, 1.807) is 12.1 Å². The predicted molar refractivity (Wildman–Crippen MR) is 83.7 cm³/mol. The molecule has 2 aromatic rings. The minimum atomic E-state index is -0.649. The Morgan fingerprint density at radius 1 is 1.38 bits per heavy atom. The van der Waals surface area contributed by atoms with Crippen LogP contribution in [-0.2, 0) is 20.7 Å². The molecule has 1 atom stereocenters. The zero-order valence-corrected chi connectivity index (χ0v) is 13.9. The number of methoxy groups -OCH3 is 1. The maximum Gasteiger partial charge on any atom is 0.328 e. The van der Waals surface area contributed by atoms with Gasteiger partial charge in [-0.05, 0) is 24.5 Å². The number of hydrogen-bond donors (Lipinski definition) is 1. The number of carbonyl (C=O) groups is 2. The monoisotopic (exact) mass is 335 g/mol. The number of nitrogens with one attached hydrogen (secondary N) is 1. The third-order valence-electron chi connectivity index (χ3n) is 3.30. The largest absolute Gasteiger partial charge is 0.467 e. The van der Waals surface area contributed by atoms with Gasteiger partial charge in [0.15, 0.2) is 5.76 Å². The van der Waals surface area contributed by atoms with Gasteiger partial charge in [0.05, 0.1) is 13.4 Å². The Morgan fingerprint density at radius 2 is 2.17 bits per heavy atom. The van der Waals surface area contributed by atoms with Gasteiger partial charge in [-0.3, -0.25) is 4.79 Å². The minimum absolute atomic E-state index is 0.130.